The number of para-hydroxylation sites is 1. The normalized spacial score (nSPS) is 16.2. The lowest BCUT2D eigenvalue weighted by Gasteiger charge is -2.25. The summed E-state index contributed by atoms with van der Waals surface area (Å²) in [4.78, 5) is 23.8. The number of ether oxygens (including phenoxy) is 2. The number of benzene rings is 1. The van der Waals surface area contributed by atoms with Crippen LogP contribution in [0.1, 0.15) is 20.3 Å². The molecular formula is C16H22ClNO4. The third-order valence-corrected chi connectivity index (χ3v) is 3.66. The second-order valence-corrected chi connectivity index (χ2v) is 6.04. The van der Waals surface area contributed by atoms with Crippen molar-refractivity contribution >= 4 is 23.4 Å². The molecule has 0 aliphatic heterocycles. The number of hydrogen-bond acceptors (Lipinski definition) is 5. The van der Waals surface area contributed by atoms with Gasteiger partial charge in [0.1, 0.15) is 23.3 Å². The van der Waals surface area contributed by atoms with Gasteiger partial charge in [-0.05, 0) is 25.5 Å². The van der Waals surface area contributed by atoms with Crippen molar-refractivity contribution in [3.05, 3.63) is 30.3 Å². The van der Waals surface area contributed by atoms with Gasteiger partial charge < -0.3 is 15.2 Å². The number of nitrogens with two attached hydrogens (primary N) is 1. The minimum atomic E-state index is -1.22. The molecule has 0 aliphatic carbocycles. The van der Waals surface area contributed by atoms with Crippen LogP contribution in [0.4, 0.5) is 0 Å². The average Bonchev–Trinajstić information content (AvgIpc) is 2.51. The minimum Gasteiger partial charge on any atom is -0.492 e. The van der Waals surface area contributed by atoms with Crippen molar-refractivity contribution < 1.29 is 19.1 Å². The van der Waals surface area contributed by atoms with E-state index >= 15 is 0 Å². The average molecular weight is 328 g/mol. The van der Waals surface area contributed by atoms with Gasteiger partial charge in [0.05, 0.1) is 7.11 Å². The van der Waals surface area contributed by atoms with E-state index in [1.807, 2.05) is 18.2 Å². The van der Waals surface area contributed by atoms with Crippen LogP contribution in [0.2, 0.25) is 0 Å². The fraction of sp³-hybridized carbons (Fsp3) is 0.500. The smallest absolute Gasteiger partial charge is 0.325 e. The molecule has 1 aromatic rings. The maximum absolute atomic E-state index is 12.2. The highest BCUT2D eigenvalue weighted by molar-refractivity contribution is 6.31. The van der Waals surface area contributed by atoms with E-state index in [4.69, 9.17) is 22.1 Å². The molecule has 0 saturated carbocycles. The van der Waals surface area contributed by atoms with Gasteiger partial charge in [-0.1, -0.05) is 25.1 Å². The first kappa shape index (κ1) is 18.5. The lowest BCUT2D eigenvalue weighted by molar-refractivity contribution is -0.147. The summed E-state index contributed by atoms with van der Waals surface area (Å²) < 4.78 is 10.1. The molecule has 0 aromatic heterocycles. The van der Waals surface area contributed by atoms with Crippen LogP contribution in [0.5, 0.6) is 5.75 Å². The second kappa shape index (κ2) is 8.15. The highest BCUT2D eigenvalue weighted by Crippen LogP contribution is 2.20. The Morgan fingerprint density at radius 3 is 2.45 bits per heavy atom. The maximum Gasteiger partial charge on any atom is 0.325 e. The number of carbonyl (C=O) groups is 2. The molecule has 0 aliphatic rings. The number of hydrogen-bond donors (Lipinski definition) is 1. The van der Waals surface area contributed by atoms with Crippen LogP contribution in [0.25, 0.3) is 0 Å². The third-order valence-electron chi connectivity index (χ3n) is 3.32. The Labute approximate surface area is 135 Å². The van der Waals surface area contributed by atoms with Crippen molar-refractivity contribution in [1.82, 2.24) is 0 Å². The van der Waals surface area contributed by atoms with Crippen LogP contribution in [0.15, 0.2) is 30.3 Å². The van der Waals surface area contributed by atoms with E-state index in [1.165, 1.54) is 14.0 Å². The van der Waals surface area contributed by atoms with Gasteiger partial charge in [-0.3, -0.25) is 9.59 Å². The van der Waals surface area contributed by atoms with Gasteiger partial charge in [0.15, 0.2) is 5.78 Å². The van der Waals surface area contributed by atoms with Gasteiger partial charge in [-0.25, -0.2) is 0 Å². The molecule has 22 heavy (non-hydrogen) atoms. The van der Waals surface area contributed by atoms with Crippen molar-refractivity contribution in [2.24, 2.45) is 11.7 Å². The molecule has 0 radical (unpaired) electrons. The Morgan fingerprint density at radius 2 is 1.91 bits per heavy atom. The molecule has 3 atom stereocenters. The summed E-state index contributed by atoms with van der Waals surface area (Å²) in [6.45, 7) is 3.29. The quantitative estimate of drug-likeness (QED) is 0.584. The first-order chi connectivity index (χ1) is 10.3. The number of Topliss-reactive ketones (excluding diaryl/α,β-unsaturated/α-hetero) is 1. The predicted octanol–water partition coefficient (Wildman–Crippen LogP) is 2.16. The summed E-state index contributed by atoms with van der Waals surface area (Å²) >= 11 is 6.09. The minimum absolute atomic E-state index is 0.0637. The molecular weight excluding hydrogens is 306 g/mol. The molecule has 1 aromatic carbocycles. The van der Waals surface area contributed by atoms with Crippen molar-refractivity contribution in [2.45, 2.75) is 31.2 Å². The zero-order chi connectivity index (χ0) is 16.8. The Balaban J connectivity index is 2.53. The fourth-order valence-electron chi connectivity index (χ4n) is 2.13. The summed E-state index contributed by atoms with van der Waals surface area (Å²) in [6, 6.07) is 9.10. The van der Waals surface area contributed by atoms with Crippen LogP contribution in [0, 0.1) is 5.92 Å². The van der Waals surface area contributed by atoms with Gasteiger partial charge in [0.25, 0.3) is 0 Å². The maximum atomic E-state index is 12.2. The standard InChI is InChI=1S/C16H22ClNO4/c1-11(9-16(2,18)15(20)21-3)14(19)13(17)10-22-12-7-5-4-6-8-12/h4-8,11,13H,9-10,18H2,1-3H3. The van der Waals surface area contributed by atoms with Crippen LogP contribution >= 0.6 is 11.6 Å². The van der Waals surface area contributed by atoms with Crippen LogP contribution in [-0.2, 0) is 14.3 Å². The molecule has 2 N–H and O–H groups in total. The predicted molar refractivity (Wildman–Crippen MR) is 85.0 cm³/mol. The SMILES string of the molecule is COC(=O)C(C)(N)CC(C)C(=O)C(Cl)COc1ccccc1. The number of rotatable bonds is 8. The largest absolute Gasteiger partial charge is 0.492 e. The van der Waals surface area contributed by atoms with E-state index in [0.717, 1.165) is 0 Å². The van der Waals surface area contributed by atoms with Gasteiger partial charge in [0.2, 0.25) is 0 Å². The monoisotopic (exact) mass is 327 g/mol. The second-order valence-electron chi connectivity index (χ2n) is 5.51. The summed E-state index contributed by atoms with van der Waals surface area (Å²) in [7, 11) is 1.26. The van der Waals surface area contributed by atoms with E-state index in [9.17, 15) is 9.59 Å². The lowest BCUT2D eigenvalue weighted by atomic mass is 9.87. The summed E-state index contributed by atoms with van der Waals surface area (Å²) in [5.41, 5.74) is 4.65. The Morgan fingerprint density at radius 1 is 1.32 bits per heavy atom. The van der Waals surface area contributed by atoms with E-state index in [1.54, 1.807) is 19.1 Å². The van der Waals surface area contributed by atoms with E-state index < -0.39 is 22.8 Å². The van der Waals surface area contributed by atoms with Gasteiger partial charge >= 0.3 is 5.97 Å². The van der Waals surface area contributed by atoms with E-state index in [2.05, 4.69) is 4.74 Å². The molecule has 0 amide bonds. The Bertz CT molecular complexity index is 504. The van der Waals surface area contributed by atoms with Crippen molar-refractivity contribution in [3.63, 3.8) is 0 Å². The zero-order valence-electron chi connectivity index (χ0n) is 13.0. The Kier molecular flexibility index (Phi) is 6.84. The number of alkyl halides is 1. The number of carbonyl (C=O) groups excluding carboxylic acids is 2. The van der Waals surface area contributed by atoms with Crippen molar-refractivity contribution in [1.29, 1.82) is 0 Å². The molecule has 0 bridgehead atoms. The highest BCUT2D eigenvalue weighted by Gasteiger charge is 2.35. The number of halogens is 1. The summed E-state index contributed by atoms with van der Waals surface area (Å²) in [5.74, 6) is -0.597. The third kappa shape index (κ3) is 5.31. The van der Waals surface area contributed by atoms with E-state index in [0.29, 0.717) is 5.75 Å². The molecule has 0 fully saturated rings. The molecule has 5 nitrogen and oxygen atoms in total. The molecule has 0 saturated heterocycles. The van der Waals surface area contributed by atoms with Gasteiger partial charge in [-0.2, -0.15) is 0 Å². The number of methoxy groups -OCH3 is 1. The van der Waals surface area contributed by atoms with Gasteiger partial charge in [-0.15, -0.1) is 11.6 Å². The first-order valence-corrected chi connectivity index (χ1v) is 7.44. The summed E-state index contributed by atoms with van der Waals surface area (Å²) in [5, 5.41) is -0.802. The zero-order valence-corrected chi connectivity index (χ0v) is 13.8. The molecule has 1 rings (SSSR count). The van der Waals surface area contributed by atoms with E-state index in [-0.39, 0.29) is 18.8 Å². The molecule has 0 spiro atoms. The highest BCUT2D eigenvalue weighted by atomic mass is 35.5. The number of esters is 1. The van der Waals surface area contributed by atoms with Gasteiger partial charge in [0, 0.05) is 5.92 Å². The molecule has 6 heteroatoms. The fourth-order valence-corrected chi connectivity index (χ4v) is 2.41. The Hall–Kier alpha value is -1.59. The lowest BCUT2D eigenvalue weighted by Crippen LogP contribution is -2.48. The first-order valence-electron chi connectivity index (χ1n) is 7.01. The molecule has 122 valence electrons. The van der Waals surface area contributed by atoms with Crippen LogP contribution in [0.3, 0.4) is 0 Å². The molecule has 0 heterocycles. The molecule has 3 unspecified atom stereocenters. The van der Waals surface area contributed by atoms with Crippen molar-refractivity contribution in [3.8, 4) is 5.75 Å². The van der Waals surface area contributed by atoms with Crippen LogP contribution < -0.4 is 10.5 Å². The summed E-state index contributed by atoms with van der Waals surface area (Å²) in [6.07, 6.45) is 0.160. The van der Waals surface area contributed by atoms with Crippen LogP contribution in [-0.4, -0.2) is 36.4 Å². The topological polar surface area (TPSA) is 78.6 Å². The van der Waals surface area contributed by atoms with Crippen molar-refractivity contribution in [2.75, 3.05) is 13.7 Å². The number of ketones is 1.